The zero-order valence-electron chi connectivity index (χ0n) is 18.9. The molecule has 0 amide bonds. The fourth-order valence-electron chi connectivity index (χ4n) is 3.46. The summed E-state index contributed by atoms with van der Waals surface area (Å²) in [5, 5.41) is 2.90. The highest BCUT2D eigenvalue weighted by Gasteiger charge is 2.37. The summed E-state index contributed by atoms with van der Waals surface area (Å²) in [7, 11) is -3.35. The van der Waals surface area contributed by atoms with Gasteiger partial charge in [-0.1, -0.05) is 33.6 Å². The number of unbranched alkanes of at least 4 members (excludes halogenated alkanes) is 2. The Morgan fingerprint density at radius 1 is 1.38 bits per heavy atom. The van der Waals surface area contributed by atoms with Crippen molar-refractivity contribution >= 4 is 30.5 Å². The third kappa shape index (κ3) is 6.48. The van der Waals surface area contributed by atoms with E-state index in [1.54, 1.807) is 10.9 Å². The summed E-state index contributed by atoms with van der Waals surface area (Å²) in [6, 6.07) is -0.708. The first kappa shape index (κ1) is 24.6. The van der Waals surface area contributed by atoms with Gasteiger partial charge in [-0.3, -0.25) is 9.36 Å². The predicted octanol–water partition coefficient (Wildman–Crippen LogP) is 2.71. The minimum Gasteiger partial charge on any atom is -0.465 e. The van der Waals surface area contributed by atoms with E-state index in [0.717, 1.165) is 19.3 Å². The van der Waals surface area contributed by atoms with Crippen molar-refractivity contribution in [3.8, 4) is 0 Å². The SMILES string of the molecule is CCCCCOC(=O)[C@H](CC(C)C)NP1(=O)CO[C@@H](Cn2cnc3c(N)ncnc32)CO1. The number of carbonyl (C=O) groups excluding carboxylic acids is 1. The smallest absolute Gasteiger partial charge is 0.323 e. The quantitative estimate of drug-likeness (QED) is 0.287. The van der Waals surface area contributed by atoms with E-state index in [0.29, 0.717) is 36.6 Å². The largest absolute Gasteiger partial charge is 0.465 e. The number of nitrogens with two attached hydrogens (primary N) is 1. The van der Waals surface area contributed by atoms with Crippen LogP contribution in [0.4, 0.5) is 5.82 Å². The topological polar surface area (TPSA) is 143 Å². The maximum atomic E-state index is 13.2. The Kier molecular flexibility index (Phi) is 8.58. The molecule has 3 atom stereocenters. The molecular formula is C20H33N6O5P. The van der Waals surface area contributed by atoms with Crippen LogP contribution in [0.2, 0.25) is 0 Å². The van der Waals surface area contributed by atoms with Crippen molar-refractivity contribution in [2.24, 2.45) is 5.92 Å². The van der Waals surface area contributed by atoms with Gasteiger partial charge in [0.15, 0.2) is 11.5 Å². The van der Waals surface area contributed by atoms with Crippen LogP contribution in [0, 0.1) is 5.92 Å². The van der Waals surface area contributed by atoms with Crippen molar-refractivity contribution in [1.29, 1.82) is 0 Å². The first-order chi connectivity index (χ1) is 15.3. The molecule has 12 heteroatoms. The Morgan fingerprint density at radius 3 is 2.88 bits per heavy atom. The first-order valence-corrected chi connectivity index (χ1v) is 12.8. The maximum Gasteiger partial charge on any atom is 0.323 e. The van der Waals surface area contributed by atoms with Gasteiger partial charge in [-0.25, -0.2) is 20.0 Å². The second-order valence-electron chi connectivity index (χ2n) is 8.40. The number of rotatable bonds is 11. The van der Waals surface area contributed by atoms with Crippen LogP contribution in [0.5, 0.6) is 0 Å². The molecule has 0 spiro atoms. The molecule has 0 saturated carbocycles. The molecule has 1 saturated heterocycles. The van der Waals surface area contributed by atoms with E-state index in [1.807, 2.05) is 13.8 Å². The molecule has 1 fully saturated rings. The molecule has 1 aliphatic heterocycles. The minimum absolute atomic E-state index is 0.102. The molecule has 0 aliphatic carbocycles. The number of imidazole rings is 1. The molecule has 3 rings (SSSR count). The number of nitrogen functional groups attached to an aromatic ring is 1. The highest BCUT2D eigenvalue weighted by molar-refractivity contribution is 7.56. The van der Waals surface area contributed by atoms with Crippen LogP contribution in [0.15, 0.2) is 12.7 Å². The number of ether oxygens (including phenoxy) is 2. The summed E-state index contributed by atoms with van der Waals surface area (Å²) < 4.78 is 31.9. The van der Waals surface area contributed by atoms with Gasteiger partial charge in [-0.15, -0.1) is 0 Å². The van der Waals surface area contributed by atoms with Crippen LogP contribution < -0.4 is 10.8 Å². The molecule has 2 aromatic heterocycles. The predicted molar refractivity (Wildman–Crippen MR) is 120 cm³/mol. The lowest BCUT2D eigenvalue weighted by Crippen LogP contribution is -2.41. The zero-order chi connectivity index (χ0) is 23.1. The summed E-state index contributed by atoms with van der Waals surface area (Å²) in [5.74, 6) is 0.114. The first-order valence-electron chi connectivity index (χ1n) is 11.0. The summed E-state index contributed by atoms with van der Waals surface area (Å²) in [5.41, 5.74) is 6.94. The van der Waals surface area contributed by atoms with Crippen molar-refractivity contribution in [1.82, 2.24) is 24.6 Å². The van der Waals surface area contributed by atoms with Crippen LogP contribution in [0.3, 0.4) is 0 Å². The molecule has 3 heterocycles. The average Bonchev–Trinajstić information content (AvgIpc) is 3.16. The van der Waals surface area contributed by atoms with Gasteiger partial charge in [-0.05, 0) is 18.8 Å². The standard InChI is InChI=1S/C20H33N6O5P/c1-4-5-6-7-29-20(27)16(8-14(2)3)25-32(28)13-30-15(10-31-32)9-26-12-24-17-18(21)22-11-23-19(17)26/h11-12,14-16H,4-10,13H2,1-3H3,(H,25,28)(H2,21,22,23)/t15-,16-,32?/m0/s1. The van der Waals surface area contributed by atoms with Gasteiger partial charge in [0.05, 0.1) is 26.1 Å². The van der Waals surface area contributed by atoms with Crippen LogP contribution in [-0.2, 0) is 29.9 Å². The Bertz CT molecular complexity index is 940. The number of carbonyl (C=O) groups is 1. The monoisotopic (exact) mass is 468 g/mol. The van der Waals surface area contributed by atoms with Gasteiger partial charge in [0.2, 0.25) is 0 Å². The number of aromatic nitrogens is 4. The highest BCUT2D eigenvalue weighted by Crippen LogP contribution is 2.46. The van der Waals surface area contributed by atoms with Crippen molar-refractivity contribution in [3.63, 3.8) is 0 Å². The Hall–Kier alpha value is -2.07. The summed E-state index contributed by atoms with van der Waals surface area (Å²) in [4.78, 5) is 24.9. The number of esters is 1. The van der Waals surface area contributed by atoms with Gasteiger partial charge in [0.1, 0.15) is 30.3 Å². The van der Waals surface area contributed by atoms with E-state index in [1.165, 1.54) is 6.33 Å². The van der Waals surface area contributed by atoms with Gasteiger partial charge in [-0.2, -0.15) is 0 Å². The van der Waals surface area contributed by atoms with Crippen LogP contribution >= 0.6 is 7.52 Å². The number of anilines is 1. The van der Waals surface area contributed by atoms with E-state index in [-0.39, 0.29) is 25.0 Å². The molecule has 1 aliphatic rings. The molecule has 2 aromatic rings. The normalized spacial score (nSPS) is 22.3. The van der Waals surface area contributed by atoms with Gasteiger partial charge >= 0.3 is 5.97 Å². The van der Waals surface area contributed by atoms with E-state index in [4.69, 9.17) is 19.7 Å². The van der Waals surface area contributed by atoms with Crippen molar-refractivity contribution in [3.05, 3.63) is 12.7 Å². The highest BCUT2D eigenvalue weighted by atomic mass is 31.2. The lowest BCUT2D eigenvalue weighted by atomic mass is 10.1. The Balaban J connectivity index is 1.56. The second kappa shape index (κ2) is 11.2. The molecule has 1 unspecified atom stereocenters. The number of hydrogen-bond acceptors (Lipinski definition) is 9. The number of nitrogens with one attached hydrogen (secondary N) is 1. The second-order valence-corrected chi connectivity index (χ2v) is 10.5. The summed E-state index contributed by atoms with van der Waals surface area (Å²) in [6.07, 6.45) is 5.84. The van der Waals surface area contributed by atoms with Crippen LogP contribution in [0.1, 0.15) is 46.5 Å². The summed E-state index contributed by atoms with van der Waals surface area (Å²) >= 11 is 0. The molecule has 11 nitrogen and oxygen atoms in total. The fraction of sp³-hybridized carbons (Fsp3) is 0.700. The van der Waals surface area contributed by atoms with E-state index < -0.39 is 19.5 Å². The summed E-state index contributed by atoms with van der Waals surface area (Å²) in [6.45, 7) is 6.94. The fourth-order valence-corrected chi connectivity index (χ4v) is 5.18. The minimum atomic E-state index is -3.35. The van der Waals surface area contributed by atoms with E-state index >= 15 is 0 Å². The molecule has 3 N–H and O–H groups in total. The lowest BCUT2D eigenvalue weighted by Gasteiger charge is -2.32. The zero-order valence-corrected chi connectivity index (χ0v) is 19.8. The number of hydrogen-bond donors (Lipinski definition) is 2. The number of nitrogens with zero attached hydrogens (tertiary/aromatic N) is 4. The molecule has 0 radical (unpaired) electrons. The molecule has 0 aromatic carbocycles. The Labute approximate surface area is 187 Å². The molecule has 32 heavy (non-hydrogen) atoms. The average molecular weight is 468 g/mol. The van der Waals surface area contributed by atoms with Crippen LogP contribution in [0.25, 0.3) is 11.2 Å². The maximum absolute atomic E-state index is 13.2. The molecular weight excluding hydrogens is 435 g/mol. The number of fused-ring (bicyclic) bond motifs is 1. The Morgan fingerprint density at radius 2 is 2.19 bits per heavy atom. The van der Waals surface area contributed by atoms with Crippen molar-refractivity contribution < 1.29 is 23.4 Å². The van der Waals surface area contributed by atoms with Gasteiger partial charge < -0.3 is 24.3 Å². The van der Waals surface area contributed by atoms with Gasteiger partial charge in [0.25, 0.3) is 7.52 Å². The van der Waals surface area contributed by atoms with E-state index in [2.05, 4.69) is 27.0 Å². The van der Waals surface area contributed by atoms with Crippen molar-refractivity contribution in [2.45, 2.75) is 65.1 Å². The van der Waals surface area contributed by atoms with E-state index in [9.17, 15) is 9.36 Å². The lowest BCUT2D eigenvalue weighted by molar-refractivity contribution is -0.146. The third-order valence-corrected chi connectivity index (χ3v) is 6.88. The molecule has 0 bridgehead atoms. The molecule has 178 valence electrons. The van der Waals surface area contributed by atoms with Crippen LogP contribution in [-0.4, -0.2) is 57.2 Å². The van der Waals surface area contributed by atoms with Crippen molar-refractivity contribution in [2.75, 3.05) is 25.3 Å². The van der Waals surface area contributed by atoms with Gasteiger partial charge in [0, 0.05) is 0 Å². The third-order valence-electron chi connectivity index (χ3n) is 5.12.